The number of aliphatic hydroxyl groups is 1. The van der Waals surface area contributed by atoms with E-state index in [-0.39, 0.29) is 12.2 Å². The molecule has 6 heteroatoms. The topological polar surface area (TPSA) is 93.1 Å². The van der Waals surface area contributed by atoms with E-state index in [0.717, 1.165) is 0 Å². The number of carboxylic acid groups (broad SMARTS) is 1. The predicted molar refractivity (Wildman–Crippen MR) is 45.8 cm³/mol. The number of rotatable bonds is 5. The van der Waals surface area contributed by atoms with E-state index in [1.54, 1.807) is 0 Å². The van der Waals surface area contributed by atoms with Crippen molar-refractivity contribution in [3.63, 3.8) is 0 Å². The summed E-state index contributed by atoms with van der Waals surface area (Å²) in [5, 5.41) is 16.8. The lowest BCUT2D eigenvalue weighted by molar-refractivity contribution is -0.143. The molecule has 0 aliphatic rings. The molecule has 1 unspecified atom stereocenters. The molecule has 0 radical (unpaired) electrons. The third-order valence-corrected chi connectivity index (χ3v) is 1.22. The SMILES string of the molecule is C=C(C)C(=O)OCC(CO)OC(=O)O. The zero-order valence-corrected chi connectivity index (χ0v) is 7.73. The fraction of sp³-hybridized carbons (Fsp3) is 0.500. The second-order valence-corrected chi connectivity index (χ2v) is 2.57. The fourth-order valence-electron chi connectivity index (χ4n) is 0.558. The maximum atomic E-state index is 10.8. The van der Waals surface area contributed by atoms with Crippen LogP contribution in [0, 0.1) is 0 Å². The van der Waals surface area contributed by atoms with Crippen molar-refractivity contribution in [2.75, 3.05) is 13.2 Å². The van der Waals surface area contributed by atoms with Crippen molar-refractivity contribution in [2.24, 2.45) is 0 Å². The maximum Gasteiger partial charge on any atom is 0.506 e. The number of esters is 1. The lowest BCUT2D eigenvalue weighted by Crippen LogP contribution is -2.27. The summed E-state index contributed by atoms with van der Waals surface area (Å²) in [5.74, 6) is -0.655. The van der Waals surface area contributed by atoms with Crippen molar-refractivity contribution in [1.29, 1.82) is 0 Å². The molecule has 0 heterocycles. The number of carbonyl (C=O) groups excluding carboxylic acids is 1. The zero-order chi connectivity index (χ0) is 11.1. The second-order valence-electron chi connectivity index (χ2n) is 2.57. The minimum Gasteiger partial charge on any atom is -0.458 e. The monoisotopic (exact) mass is 204 g/mol. The Morgan fingerprint density at radius 3 is 2.43 bits per heavy atom. The van der Waals surface area contributed by atoms with Crippen molar-refractivity contribution in [3.8, 4) is 0 Å². The van der Waals surface area contributed by atoms with Crippen LogP contribution in [0.4, 0.5) is 4.79 Å². The van der Waals surface area contributed by atoms with Gasteiger partial charge in [-0.1, -0.05) is 6.58 Å². The Balaban J connectivity index is 3.89. The summed E-state index contributed by atoms with van der Waals surface area (Å²) in [6, 6.07) is 0. The average molecular weight is 204 g/mol. The van der Waals surface area contributed by atoms with Crippen LogP contribution in [0.25, 0.3) is 0 Å². The molecule has 0 aromatic rings. The molecule has 0 aliphatic heterocycles. The van der Waals surface area contributed by atoms with Crippen molar-refractivity contribution in [3.05, 3.63) is 12.2 Å². The number of ether oxygens (including phenoxy) is 2. The molecule has 6 nitrogen and oxygen atoms in total. The number of carbonyl (C=O) groups is 2. The Labute approximate surface area is 80.7 Å². The van der Waals surface area contributed by atoms with E-state index in [4.69, 9.17) is 10.2 Å². The van der Waals surface area contributed by atoms with Gasteiger partial charge in [-0.15, -0.1) is 0 Å². The number of hydrogen-bond acceptors (Lipinski definition) is 5. The number of hydrogen-bond donors (Lipinski definition) is 2. The third-order valence-electron chi connectivity index (χ3n) is 1.22. The Kier molecular flexibility index (Phi) is 5.31. The van der Waals surface area contributed by atoms with Crippen molar-refractivity contribution in [1.82, 2.24) is 0 Å². The van der Waals surface area contributed by atoms with E-state index in [1.165, 1.54) is 6.92 Å². The molecule has 0 saturated carbocycles. The van der Waals surface area contributed by atoms with Gasteiger partial charge in [-0.2, -0.15) is 0 Å². The van der Waals surface area contributed by atoms with Crippen molar-refractivity contribution in [2.45, 2.75) is 13.0 Å². The largest absolute Gasteiger partial charge is 0.506 e. The highest BCUT2D eigenvalue weighted by Gasteiger charge is 2.15. The Morgan fingerprint density at radius 1 is 1.50 bits per heavy atom. The molecule has 0 aromatic carbocycles. The van der Waals surface area contributed by atoms with Crippen LogP contribution >= 0.6 is 0 Å². The first kappa shape index (κ1) is 12.4. The van der Waals surface area contributed by atoms with E-state index < -0.39 is 24.8 Å². The summed E-state index contributed by atoms with van der Waals surface area (Å²) in [5.41, 5.74) is 0.192. The van der Waals surface area contributed by atoms with Crippen LogP contribution in [0.2, 0.25) is 0 Å². The predicted octanol–water partition coefficient (Wildman–Crippen LogP) is 0.161. The van der Waals surface area contributed by atoms with E-state index in [9.17, 15) is 9.59 Å². The molecule has 0 fully saturated rings. The molecule has 2 N–H and O–H groups in total. The first-order valence-corrected chi connectivity index (χ1v) is 3.80. The molecule has 0 spiro atoms. The smallest absolute Gasteiger partial charge is 0.458 e. The van der Waals surface area contributed by atoms with Crippen LogP contribution < -0.4 is 0 Å². The molecule has 1 atom stereocenters. The van der Waals surface area contributed by atoms with Gasteiger partial charge in [-0.25, -0.2) is 9.59 Å². The maximum absolute atomic E-state index is 10.8. The van der Waals surface area contributed by atoms with E-state index in [0.29, 0.717) is 0 Å². The Morgan fingerprint density at radius 2 is 2.07 bits per heavy atom. The van der Waals surface area contributed by atoms with Gasteiger partial charge in [0.25, 0.3) is 0 Å². The summed E-state index contributed by atoms with van der Waals surface area (Å²) in [7, 11) is 0. The summed E-state index contributed by atoms with van der Waals surface area (Å²) in [6.45, 7) is 3.91. The van der Waals surface area contributed by atoms with Crippen molar-refractivity contribution < 1.29 is 29.3 Å². The molecule has 0 aromatic heterocycles. The lowest BCUT2D eigenvalue weighted by atomic mass is 10.3. The molecule has 0 amide bonds. The standard InChI is InChI=1S/C8H12O6/c1-5(2)7(10)13-4-6(3-9)14-8(11)12/h6,9H,1,3-4H2,2H3,(H,11,12). The fourth-order valence-corrected chi connectivity index (χ4v) is 0.558. The minimum atomic E-state index is -1.53. The zero-order valence-electron chi connectivity index (χ0n) is 7.73. The number of aliphatic hydroxyl groups excluding tert-OH is 1. The van der Waals surface area contributed by atoms with Gasteiger partial charge in [-0.05, 0) is 6.92 Å². The summed E-state index contributed by atoms with van der Waals surface area (Å²) in [6.07, 6.45) is -2.59. The molecular formula is C8H12O6. The highest BCUT2D eigenvalue weighted by molar-refractivity contribution is 5.86. The lowest BCUT2D eigenvalue weighted by Gasteiger charge is -2.12. The summed E-state index contributed by atoms with van der Waals surface area (Å²) >= 11 is 0. The van der Waals surface area contributed by atoms with Gasteiger partial charge in [0.15, 0.2) is 6.10 Å². The summed E-state index contributed by atoms with van der Waals surface area (Å²) in [4.78, 5) is 20.9. The molecule has 0 rings (SSSR count). The van der Waals surface area contributed by atoms with Crippen LogP contribution in [0.15, 0.2) is 12.2 Å². The van der Waals surface area contributed by atoms with Gasteiger partial charge in [0.05, 0.1) is 6.61 Å². The molecule has 0 bridgehead atoms. The van der Waals surface area contributed by atoms with Gasteiger partial charge in [0, 0.05) is 5.57 Å². The quantitative estimate of drug-likeness (QED) is 0.489. The molecule has 0 saturated heterocycles. The van der Waals surface area contributed by atoms with Gasteiger partial charge < -0.3 is 19.7 Å². The van der Waals surface area contributed by atoms with E-state index in [1.807, 2.05) is 0 Å². The van der Waals surface area contributed by atoms with E-state index >= 15 is 0 Å². The van der Waals surface area contributed by atoms with Gasteiger partial charge in [-0.3, -0.25) is 0 Å². The molecule has 14 heavy (non-hydrogen) atoms. The first-order chi connectivity index (χ1) is 6.47. The summed E-state index contributed by atoms with van der Waals surface area (Å²) < 4.78 is 8.76. The average Bonchev–Trinajstić information content (AvgIpc) is 2.10. The highest BCUT2D eigenvalue weighted by Crippen LogP contribution is 1.97. The molecule has 80 valence electrons. The first-order valence-electron chi connectivity index (χ1n) is 3.80. The van der Waals surface area contributed by atoms with Crippen LogP contribution in [0.1, 0.15) is 6.92 Å². The van der Waals surface area contributed by atoms with Gasteiger partial charge in [0.2, 0.25) is 0 Å². The Hall–Kier alpha value is -1.56. The molecular weight excluding hydrogens is 192 g/mol. The normalized spacial score (nSPS) is 11.6. The van der Waals surface area contributed by atoms with Crippen LogP contribution in [-0.4, -0.2) is 41.7 Å². The van der Waals surface area contributed by atoms with Crippen LogP contribution in [-0.2, 0) is 14.3 Å². The van der Waals surface area contributed by atoms with Crippen LogP contribution in [0.5, 0.6) is 0 Å². The van der Waals surface area contributed by atoms with Gasteiger partial charge in [0.1, 0.15) is 6.61 Å². The Bertz CT molecular complexity index is 234. The molecule has 0 aliphatic carbocycles. The van der Waals surface area contributed by atoms with Gasteiger partial charge >= 0.3 is 12.1 Å². The second kappa shape index (κ2) is 5.98. The van der Waals surface area contributed by atoms with Crippen molar-refractivity contribution >= 4 is 12.1 Å². The highest BCUT2D eigenvalue weighted by atomic mass is 16.7. The third kappa shape index (κ3) is 5.15. The van der Waals surface area contributed by atoms with E-state index in [2.05, 4.69) is 16.1 Å². The van der Waals surface area contributed by atoms with Crippen LogP contribution in [0.3, 0.4) is 0 Å². The minimum absolute atomic E-state index is 0.192.